The summed E-state index contributed by atoms with van der Waals surface area (Å²) in [5.74, 6) is -1.21. The average molecular weight is 364 g/mol. The monoisotopic (exact) mass is 363 g/mol. The highest BCUT2D eigenvalue weighted by atomic mass is 35.5. The molecule has 0 aliphatic rings. The quantitative estimate of drug-likeness (QED) is 0.502. The van der Waals surface area contributed by atoms with Crippen LogP contribution in [-0.4, -0.2) is 29.4 Å². The number of aromatic amines is 1. The number of pyridine rings is 1. The second-order valence-corrected chi connectivity index (χ2v) is 5.30. The van der Waals surface area contributed by atoms with Gasteiger partial charge in [-0.15, -0.1) is 0 Å². The molecule has 0 spiro atoms. The normalized spacial score (nSPS) is 9.96. The lowest BCUT2D eigenvalue weighted by Gasteiger charge is -2.09. The minimum atomic E-state index is -0.673. The number of benzene rings is 1. The highest BCUT2D eigenvalue weighted by molar-refractivity contribution is 6.29. The Morgan fingerprint density at radius 2 is 1.76 bits per heavy atom. The minimum Gasteiger partial charge on any atom is -0.368 e. The van der Waals surface area contributed by atoms with Gasteiger partial charge in [-0.25, -0.2) is 4.79 Å². The van der Waals surface area contributed by atoms with Gasteiger partial charge in [0.25, 0.3) is 5.91 Å². The van der Waals surface area contributed by atoms with Crippen molar-refractivity contribution in [3.8, 4) is 0 Å². The molecular weight excluding hydrogens is 350 g/mol. The number of amides is 4. The molecule has 1 aromatic carbocycles. The zero-order chi connectivity index (χ0) is 18.4. The van der Waals surface area contributed by atoms with E-state index in [9.17, 15) is 19.2 Å². The molecule has 4 amide bonds. The molecule has 130 valence electrons. The number of anilines is 2. The maximum atomic E-state index is 12.2. The van der Waals surface area contributed by atoms with Crippen molar-refractivity contribution in [1.82, 2.24) is 10.3 Å². The zero-order valence-electron chi connectivity index (χ0n) is 12.8. The SMILES string of the molecule is NC(=O)CNC(=O)Nc1cccc(NC(=O)c2cc(Cl)[nH]c(=O)c2)c1. The van der Waals surface area contributed by atoms with E-state index in [0.29, 0.717) is 11.4 Å². The largest absolute Gasteiger partial charge is 0.368 e. The molecule has 0 bridgehead atoms. The number of carbonyl (C=O) groups is 3. The van der Waals surface area contributed by atoms with Gasteiger partial charge in [0.15, 0.2) is 0 Å². The molecule has 6 N–H and O–H groups in total. The van der Waals surface area contributed by atoms with E-state index >= 15 is 0 Å². The summed E-state index contributed by atoms with van der Waals surface area (Å²) >= 11 is 5.71. The summed E-state index contributed by atoms with van der Waals surface area (Å²) in [6, 6.07) is 8.09. The predicted octanol–water partition coefficient (Wildman–Crippen LogP) is 0.887. The molecule has 0 fully saturated rings. The number of aromatic nitrogens is 1. The fourth-order valence-corrected chi connectivity index (χ4v) is 2.07. The van der Waals surface area contributed by atoms with Gasteiger partial charge in [0.05, 0.1) is 6.54 Å². The Morgan fingerprint density at radius 3 is 2.40 bits per heavy atom. The summed E-state index contributed by atoms with van der Waals surface area (Å²) in [7, 11) is 0. The van der Waals surface area contributed by atoms with E-state index < -0.39 is 23.4 Å². The highest BCUT2D eigenvalue weighted by Gasteiger charge is 2.09. The molecule has 9 nitrogen and oxygen atoms in total. The number of hydrogen-bond donors (Lipinski definition) is 5. The van der Waals surface area contributed by atoms with Crippen LogP contribution in [-0.2, 0) is 4.79 Å². The first-order valence-corrected chi connectivity index (χ1v) is 7.36. The van der Waals surface area contributed by atoms with Crippen molar-refractivity contribution < 1.29 is 14.4 Å². The van der Waals surface area contributed by atoms with E-state index in [0.717, 1.165) is 6.07 Å². The highest BCUT2D eigenvalue weighted by Crippen LogP contribution is 2.16. The van der Waals surface area contributed by atoms with Crippen molar-refractivity contribution >= 4 is 40.8 Å². The average Bonchev–Trinajstić information content (AvgIpc) is 2.52. The number of nitrogens with one attached hydrogen (secondary N) is 4. The van der Waals surface area contributed by atoms with E-state index in [1.807, 2.05) is 0 Å². The van der Waals surface area contributed by atoms with Gasteiger partial charge >= 0.3 is 6.03 Å². The Morgan fingerprint density at radius 1 is 1.08 bits per heavy atom. The van der Waals surface area contributed by atoms with Crippen molar-refractivity contribution in [2.24, 2.45) is 5.73 Å². The standard InChI is InChI=1S/C15H14ClN5O4/c16-11-4-8(5-13(23)21-11)14(24)19-9-2-1-3-10(6-9)20-15(25)18-7-12(17)22/h1-6H,7H2,(H2,17,22)(H,19,24)(H,21,23)(H2,18,20,25). The first kappa shape index (κ1) is 18.0. The second-order valence-electron chi connectivity index (χ2n) is 4.89. The number of urea groups is 1. The topological polar surface area (TPSA) is 146 Å². The smallest absolute Gasteiger partial charge is 0.319 e. The Labute approximate surface area is 146 Å². The van der Waals surface area contributed by atoms with Crippen LogP contribution in [0.15, 0.2) is 41.2 Å². The van der Waals surface area contributed by atoms with Crippen LogP contribution >= 0.6 is 11.6 Å². The number of H-pyrrole nitrogens is 1. The van der Waals surface area contributed by atoms with Crippen LogP contribution in [0.2, 0.25) is 5.15 Å². The minimum absolute atomic E-state index is 0.0409. The Bertz CT molecular complexity index is 880. The van der Waals surface area contributed by atoms with Crippen LogP contribution in [0.5, 0.6) is 0 Å². The number of primary amides is 1. The van der Waals surface area contributed by atoms with Crippen molar-refractivity contribution in [3.05, 3.63) is 57.5 Å². The Hall–Kier alpha value is -3.33. The van der Waals surface area contributed by atoms with E-state index in [1.54, 1.807) is 18.2 Å². The molecule has 0 atom stereocenters. The predicted molar refractivity (Wildman–Crippen MR) is 92.7 cm³/mol. The molecule has 0 saturated carbocycles. The summed E-state index contributed by atoms with van der Waals surface area (Å²) in [6.45, 7) is -0.300. The maximum absolute atomic E-state index is 12.2. The molecule has 1 aromatic heterocycles. The van der Waals surface area contributed by atoms with E-state index in [1.165, 1.54) is 12.1 Å². The molecule has 0 unspecified atom stereocenters. The van der Waals surface area contributed by atoms with Crippen molar-refractivity contribution in [1.29, 1.82) is 0 Å². The number of hydrogen-bond acceptors (Lipinski definition) is 4. The molecule has 25 heavy (non-hydrogen) atoms. The van der Waals surface area contributed by atoms with E-state index in [2.05, 4.69) is 20.9 Å². The maximum Gasteiger partial charge on any atom is 0.319 e. The van der Waals surface area contributed by atoms with Crippen LogP contribution in [0.1, 0.15) is 10.4 Å². The summed E-state index contributed by atoms with van der Waals surface area (Å²) in [4.78, 5) is 48.0. The Kier molecular flexibility index (Phi) is 5.75. The van der Waals surface area contributed by atoms with Gasteiger partial charge in [-0.05, 0) is 24.3 Å². The van der Waals surface area contributed by atoms with Crippen LogP contribution in [0.3, 0.4) is 0 Å². The molecule has 0 saturated heterocycles. The van der Waals surface area contributed by atoms with Crippen LogP contribution in [0.25, 0.3) is 0 Å². The lowest BCUT2D eigenvalue weighted by Crippen LogP contribution is -2.36. The van der Waals surface area contributed by atoms with Crippen LogP contribution in [0, 0.1) is 0 Å². The summed E-state index contributed by atoms with van der Waals surface area (Å²) in [5.41, 5.74) is 5.28. The third-order valence-corrected chi connectivity index (χ3v) is 3.08. The lowest BCUT2D eigenvalue weighted by molar-refractivity contribution is -0.117. The first-order chi connectivity index (χ1) is 11.8. The molecule has 2 aromatic rings. The molecule has 0 aliphatic heterocycles. The molecule has 10 heteroatoms. The third-order valence-electron chi connectivity index (χ3n) is 2.88. The van der Waals surface area contributed by atoms with E-state index in [4.69, 9.17) is 17.3 Å². The molecule has 0 radical (unpaired) electrons. The number of rotatable bonds is 5. The van der Waals surface area contributed by atoms with Crippen LogP contribution in [0.4, 0.5) is 16.2 Å². The van der Waals surface area contributed by atoms with Crippen molar-refractivity contribution in [2.75, 3.05) is 17.2 Å². The number of halogens is 1. The van der Waals surface area contributed by atoms with Gasteiger partial charge in [-0.3, -0.25) is 14.4 Å². The molecule has 2 rings (SSSR count). The van der Waals surface area contributed by atoms with Gasteiger partial charge < -0.3 is 26.7 Å². The van der Waals surface area contributed by atoms with Crippen molar-refractivity contribution in [3.63, 3.8) is 0 Å². The van der Waals surface area contributed by atoms with Crippen molar-refractivity contribution in [2.45, 2.75) is 0 Å². The summed E-state index contributed by atoms with van der Waals surface area (Å²) in [6.07, 6.45) is 0. The lowest BCUT2D eigenvalue weighted by atomic mass is 10.2. The van der Waals surface area contributed by atoms with Gasteiger partial charge in [-0.1, -0.05) is 17.7 Å². The number of carbonyl (C=O) groups excluding carboxylic acids is 3. The fourth-order valence-electron chi connectivity index (χ4n) is 1.86. The third kappa shape index (κ3) is 5.66. The fraction of sp³-hybridized carbons (Fsp3) is 0.0667. The molecule has 0 aliphatic carbocycles. The zero-order valence-corrected chi connectivity index (χ0v) is 13.5. The molecule has 1 heterocycles. The summed E-state index contributed by atoms with van der Waals surface area (Å²) < 4.78 is 0. The van der Waals surface area contributed by atoms with Gasteiger partial charge in [0.1, 0.15) is 5.15 Å². The second kappa shape index (κ2) is 7.97. The molecular formula is C15H14ClN5O4. The summed E-state index contributed by atoms with van der Waals surface area (Å²) in [5, 5.41) is 7.37. The van der Waals surface area contributed by atoms with Gasteiger partial charge in [-0.2, -0.15) is 0 Å². The first-order valence-electron chi connectivity index (χ1n) is 6.98. The number of nitrogens with two attached hydrogens (primary N) is 1. The van der Waals surface area contributed by atoms with Gasteiger partial charge in [0, 0.05) is 23.0 Å². The van der Waals surface area contributed by atoms with E-state index in [-0.39, 0.29) is 17.3 Å². The van der Waals surface area contributed by atoms with Gasteiger partial charge in [0.2, 0.25) is 11.5 Å². The van der Waals surface area contributed by atoms with Crippen LogP contribution < -0.4 is 27.2 Å². The Balaban J connectivity index is 2.05.